The second-order valence-corrected chi connectivity index (χ2v) is 4.78. The van der Waals surface area contributed by atoms with Crippen molar-refractivity contribution in [3.05, 3.63) is 33.2 Å². The van der Waals surface area contributed by atoms with Gasteiger partial charge >= 0.3 is 0 Å². The highest BCUT2D eigenvalue weighted by Gasteiger charge is 2.19. The van der Waals surface area contributed by atoms with Gasteiger partial charge in [0.25, 0.3) is 5.56 Å². The molecule has 1 heterocycles. The summed E-state index contributed by atoms with van der Waals surface area (Å²) in [5.74, 6) is 0. The van der Waals surface area contributed by atoms with Crippen molar-refractivity contribution in [1.82, 2.24) is 4.57 Å². The monoisotopic (exact) mass is 230 g/mol. The van der Waals surface area contributed by atoms with E-state index in [9.17, 15) is 4.79 Å². The van der Waals surface area contributed by atoms with E-state index in [-0.39, 0.29) is 11.6 Å². The minimum Gasteiger partial charge on any atom is -0.308 e. The van der Waals surface area contributed by atoms with Gasteiger partial charge in [-0.25, -0.2) is 0 Å². The first-order valence-electron chi connectivity index (χ1n) is 6.36. The first-order valence-corrected chi connectivity index (χ1v) is 6.36. The first-order chi connectivity index (χ1) is 8.19. The molecule has 0 amide bonds. The van der Waals surface area contributed by atoms with Crippen molar-refractivity contribution in [2.75, 3.05) is 0 Å². The first kappa shape index (κ1) is 11.9. The van der Waals surface area contributed by atoms with Gasteiger partial charge in [-0.3, -0.25) is 4.79 Å². The van der Waals surface area contributed by atoms with E-state index in [0.29, 0.717) is 5.56 Å². The Kier molecular flexibility index (Phi) is 3.33. The Morgan fingerprint density at radius 3 is 2.82 bits per heavy atom. The minimum absolute atomic E-state index is 0.109. The number of aromatic nitrogens is 1. The standard InChI is InChI=1S/C14H18N2O/c1-3-10(2)16-13-7-5-4-6-11(13)8-12(9-15)14(16)17/h8,10H,3-7H2,1-2H3. The van der Waals surface area contributed by atoms with Crippen LogP contribution in [0, 0.1) is 11.3 Å². The van der Waals surface area contributed by atoms with Crippen LogP contribution in [0.5, 0.6) is 0 Å². The third-order valence-electron chi connectivity index (χ3n) is 3.69. The largest absolute Gasteiger partial charge is 0.308 e. The maximum atomic E-state index is 12.2. The molecule has 0 saturated heterocycles. The van der Waals surface area contributed by atoms with Gasteiger partial charge in [0, 0.05) is 11.7 Å². The maximum absolute atomic E-state index is 12.2. The van der Waals surface area contributed by atoms with Crippen LogP contribution in [0.25, 0.3) is 0 Å². The maximum Gasteiger partial charge on any atom is 0.268 e. The van der Waals surface area contributed by atoms with E-state index in [1.807, 2.05) is 10.6 Å². The number of hydrogen-bond donors (Lipinski definition) is 0. The molecule has 0 N–H and O–H groups in total. The Morgan fingerprint density at radius 2 is 2.18 bits per heavy atom. The molecule has 1 aliphatic carbocycles. The molecule has 1 aromatic rings. The zero-order valence-electron chi connectivity index (χ0n) is 10.5. The fourth-order valence-corrected chi connectivity index (χ4v) is 2.56. The summed E-state index contributed by atoms with van der Waals surface area (Å²) in [6.45, 7) is 4.13. The third kappa shape index (κ3) is 2.00. The Hall–Kier alpha value is -1.56. The molecule has 2 rings (SSSR count). The zero-order valence-corrected chi connectivity index (χ0v) is 10.5. The summed E-state index contributed by atoms with van der Waals surface area (Å²) < 4.78 is 1.85. The van der Waals surface area contributed by atoms with Crippen molar-refractivity contribution in [2.45, 2.75) is 52.0 Å². The number of rotatable bonds is 2. The fraction of sp³-hybridized carbons (Fsp3) is 0.571. The smallest absolute Gasteiger partial charge is 0.268 e. The molecule has 90 valence electrons. The van der Waals surface area contributed by atoms with Gasteiger partial charge in [0.1, 0.15) is 11.6 Å². The Bertz CT molecular complexity index is 522. The van der Waals surface area contributed by atoms with Crippen LogP contribution in [0.15, 0.2) is 10.9 Å². The van der Waals surface area contributed by atoms with Crippen LogP contribution in [0.1, 0.15) is 56.0 Å². The third-order valence-corrected chi connectivity index (χ3v) is 3.69. The molecule has 0 radical (unpaired) electrons. The van der Waals surface area contributed by atoms with Crippen LogP contribution in [-0.4, -0.2) is 4.57 Å². The molecule has 0 spiro atoms. The van der Waals surface area contributed by atoms with E-state index >= 15 is 0 Å². The lowest BCUT2D eigenvalue weighted by molar-refractivity contribution is 0.474. The Balaban J connectivity index is 2.69. The molecule has 0 aliphatic heterocycles. The zero-order chi connectivity index (χ0) is 12.4. The lowest BCUT2D eigenvalue weighted by Crippen LogP contribution is -2.30. The number of fused-ring (bicyclic) bond motifs is 1. The summed E-state index contributed by atoms with van der Waals surface area (Å²) in [5, 5.41) is 9.04. The van der Waals surface area contributed by atoms with Gasteiger partial charge in [0.2, 0.25) is 0 Å². The molecule has 1 aliphatic rings. The molecule has 1 unspecified atom stereocenters. The molecule has 17 heavy (non-hydrogen) atoms. The van der Waals surface area contributed by atoms with Crippen molar-refractivity contribution in [3.63, 3.8) is 0 Å². The average molecular weight is 230 g/mol. The second-order valence-electron chi connectivity index (χ2n) is 4.78. The second kappa shape index (κ2) is 4.75. The molecule has 0 aromatic carbocycles. The highest BCUT2D eigenvalue weighted by molar-refractivity contribution is 5.35. The van der Waals surface area contributed by atoms with Gasteiger partial charge in [0.15, 0.2) is 0 Å². The molecule has 3 heteroatoms. The molecular formula is C14H18N2O. The predicted octanol–water partition coefficient (Wildman–Crippen LogP) is 2.57. The van der Waals surface area contributed by atoms with Crippen molar-refractivity contribution in [1.29, 1.82) is 5.26 Å². The van der Waals surface area contributed by atoms with E-state index in [2.05, 4.69) is 13.8 Å². The van der Waals surface area contributed by atoms with E-state index < -0.39 is 0 Å². The molecular weight excluding hydrogens is 212 g/mol. The van der Waals surface area contributed by atoms with Crippen LogP contribution < -0.4 is 5.56 Å². The minimum atomic E-state index is -0.109. The van der Waals surface area contributed by atoms with Gasteiger partial charge < -0.3 is 4.57 Å². The molecule has 3 nitrogen and oxygen atoms in total. The van der Waals surface area contributed by atoms with Gasteiger partial charge in [-0.2, -0.15) is 5.26 Å². The summed E-state index contributed by atoms with van der Waals surface area (Å²) in [7, 11) is 0. The van der Waals surface area contributed by atoms with Crippen molar-refractivity contribution < 1.29 is 0 Å². The quantitative estimate of drug-likeness (QED) is 0.783. The molecule has 1 atom stereocenters. The number of nitriles is 1. The van der Waals surface area contributed by atoms with Crippen LogP contribution in [-0.2, 0) is 12.8 Å². The van der Waals surface area contributed by atoms with Gasteiger partial charge in [-0.1, -0.05) is 6.92 Å². The normalized spacial score (nSPS) is 16.1. The summed E-state index contributed by atoms with van der Waals surface area (Å²) in [6.07, 6.45) is 5.20. The van der Waals surface area contributed by atoms with Crippen LogP contribution in [0.2, 0.25) is 0 Å². The lowest BCUT2D eigenvalue weighted by atomic mass is 9.94. The SMILES string of the molecule is CCC(C)n1c2c(cc(C#N)c1=O)CCCC2. The van der Waals surface area contributed by atoms with Crippen molar-refractivity contribution >= 4 is 0 Å². The van der Waals surface area contributed by atoms with E-state index in [0.717, 1.165) is 37.8 Å². The van der Waals surface area contributed by atoms with Crippen LogP contribution in [0.3, 0.4) is 0 Å². The highest BCUT2D eigenvalue weighted by Crippen LogP contribution is 2.23. The summed E-state index contributed by atoms with van der Waals surface area (Å²) >= 11 is 0. The number of nitrogens with zero attached hydrogens (tertiary/aromatic N) is 2. The Morgan fingerprint density at radius 1 is 1.47 bits per heavy atom. The van der Waals surface area contributed by atoms with E-state index in [1.54, 1.807) is 6.07 Å². The summed E-state index contributed by atoms with van der Waals surface area (Å²) in [6, 6.07) is 4.02. The summed E-state index contributed by atoms with van der Waals surface area (Å²) in [4.78, 5) is 12.2. The molecule has 0 fully saturated rings. The number of aryl methyl sites for hydroxylation is 1. The van der Waals surface area contributed by atoms with Gasteiger partial charge in [-0.05, 0) is 50.7 Å². The molecule has 1 aromatic heterocycles. The topological polar surface area (TPSA) is 45.8 Å². The number of pyridine rings is 1. The fourth-order valence-electron chi connectivity index (χ4n) is 2.56. The van der Waals surface area contributed by atoms with Gasteiger partial charge in [0.05, 0.1) is 0 Å². The summed E-state index contributed by atoms with van der Waals surface area (Å²) in [5.41, 5.74) is 2.55. The van der Waals surface area contributed by atoms with Crippen LogP contribution in [0.4, 0.5) is 0 Å². The molecule has 0 bridgehead atoms. The number of hydrogen-bond acceptors (Lipinski definition) is 2. The molecule has 0 saturated carbocycles. The average Bonchev–Trinajstić information content (AvgIpc) is 2.37. The lowest BCUT2D eigenvalue weighted by Gasteiger charge is -2.24. The highest BCUT2D eigenvalue weighted by atomic mass is 16.1. The van der Waals surface area contributed by atoms with E-state index in [1.165, 1.54) is 5.56 Å². The van der Waals surface area contributed by atoms with Crippen molar-refractivity contribution in [3.8, 4) is 6.07 Å². The predicted molar refractivity (Wildman–Crippen MR) is 67.1 cm³/mol. The van der Waals surface area contributed by atoms with Gasteiger partial charge in [-0.15, -0.1) is 0 Å². The Labute approximate surface area is 102 Å². The van der Waals surface area contributed by atoms with Crippen LogP contribution >= 0.6 is 0 Å². The van der Waals surface area contributed by atoms with Crippen molar-refractivity contribution in [2.24, 2.45) is 0 Å². The van der Waals surface area contributed by atoms with E-state index in [4.69, 9.17) is 5.26 Å².